The third-order valence-electron chi connectivity index (χ3n) is 6.80. The van der Waals surface area contributed by atoms with Gasteiger partial charge in [-0.1, -0.05) is 86.6 Å². The van der Waals surface area contributed by atoms with Crippen LogP contribution in [0.2, 0.25) is 0 Å². The van der Waals surface area contributed by atoms with Crippen molar-refractivity contribution < 1.29 is 17.9 Å². The highest BCUT2D eigenvalue weighted by molar-refractivity contribution is 7.92. The fraction of sp³-hybridized carbons (Fsp3) is 0.265. The van der Waals surface area contributed by atoms with E-state index in [1.54, 1.807) is 18.1 Å². The van der Waals surface area contributed by atoms with E-state index in [4.69, 9.17) is 4.74 Å². The van der Waals surface area contributed by atoms with E-state index in [0.717, 1.165) is 28.1 Å². The Hall–Kier alpha value is -4.14. The zero-order valence-corrected chi connectivity index (χ0v) is 25.3. The molecule has 0 saturated heterocycles. The number of benzene rings is 3. The van der Waals surface area contributed by atoms with Crippen molar-refractivity contribution in [3.05, 3.63) is 131 Å². The number of amides is 1. The molecule has 4 rings (SSSR count). The molecular formula is C34H39N3O4S. The quantitative estimate of drug-likeness (QED) is 0.181. The lowest BCUT2D eigenvalue weighted by molar-refractivity contribution is -0.132. The smallest absolute Gasteiger partial charge is 0.238 e. The van der Waals surface area contributed by atoms with Gasteiger partial charge in [-0.05, 0) is 52.9 Å². The molecule has 42 heavy (non-hydrogen) atoms. The lowest BCUT2D eigenvalue weighted by atomic mass is 10.2. The van der Waals surface area contributed by atoms with E-state index in [1.807, 2.05) is 117 Å². The highest BCUT2D eigenvalue weighted by Gasteiger charge is 2.26. The number of hydrogen-bond donors (Lipinski definition) is 0. The molecule has 0 aliphatic rings. The maximum atomic E-state index is 13.9. The number of carbonyl (C=O) groups excluding carboxylic acids is 1. The standard InChI is InChI=1S/C34H39N3O4S/c1-28(2)23-37(42(39,40)21-19-29-12-6-4-7-13-29)27-34(38)36(24-30-14-8-5-9-15-30)26-32-17-11-20-35(32)25-31-16-10-18-33(22-31)41-3/h4-22,28H,23-27H2,1-3H3/b21-19+. The molecule has 0 spiro atoms. The summed E-state index contributed by atoms with van der Waals surface area (Å²) in [4.78, 5) is 15.6. The van der Waals surface area contributed by atoms with Crippen LogP contribution in [-0.2, 0) is 34.5 Å². The van der Waals surface area contributed by atoms with Gasteiger partial charge in [0.2, 0.25) is 15.9 Å². The predicted octanol–water partition coefficient (Wildman–Crippen LogP) is 6.03. The summed E-state index contributed by atoms with van der Waals surface area (Å²) >= 11 is 0. The Balaban J connectivity index is 1.58. The number of carbonyl (C=O) groups is 1. The highest BCUT2D eigenvalue weighted by atomic mass is 32.2. The first-order valence-electron chi connectivity index (χ1n) is 14.1. The van der Waals surface area contributed by atoms with Crippen molar-refractivity contribution in [1.82, 2.24) is 13.8 Å². The monoisotopic (exact) mass is 585 g/mol. The van der Waals surface area contributed by atoms with Crippen molar-refractivity contribution in [3.63, 3.8) is 0 Å². The van der Waals surface area contributed by atoms with Crippen LogP contribution >= 0.6 is 0 Å². The molecule has 7 nitrogen and oxygen atoms in total. The largest absolute Gasteiger partial charge is 0.497 e. The second kappa shape index (κ2) is 14.7. The van der Waals surface area contributed by atoms with Crippen molar-refractivity contribution in [2.75, 3.05) is 20.2 Å². The van der Waals surface area contributed by atoms with Crippen LogP contribution in [0.5, 0.6) is 5.75 Å². The number of nitrogens with zero attached hydrogens (tertiary/aromatic N) is 3. The molecule has 8 heteroatoms. The van der Waals surface area contributed by atoms with Gasteiger partial charge >= 0.3 is 0 Å². The Bertz CT molecular complexity index is 1560. The van der Waals surface area contributed by atoms with Gasteiger partial charge in [0.05, 0.1) is 20.2 Å². The second-order valence-corrected chi connectivity index (χ2v) is 12.5. The highest BCUT2D eigenvalue weighted by Crippen LogP contribution is 2.18. The summed E-state index contributed by atoms with van der Waals surface area (Å²) in [6.07, 6.45) is 3.56. The van der Waals surface area contributed by atoms with E-state index in [1.165, 1.54) is 9.71 Å². The molecule has 0 aliphatic carbocycles. The fourth-order valence-corrected chi connectivity index (χ4v) is 5.98. The Labute approximate surface area is 249 Å². The normalized spacial score (nSPS) is 11.8. The first kappa shape index (κ1) is 30.8. The maximum absolute atomic E-state index is 13.9. The molecule has 1 heterocycles. The summed E-state index contributed by atoms with van der Waals surface area (Å²) < 4.78 is 35.6. The molecule has 0 atom stereocenters. The van der Waals surface area contributed by atoms with Crippen LogP contribution < -0.4 is 4.74 Å². The summed E-state index contributed by atoms with van der Waals surface area (Å²) in [5, 5.41) is 1.19. The Morgan fingerprint density at radius 2 is 1.57 bits per heavy atom. The van der Waals surface area contributed by atoms with Gasteiger partial charge in [0.1, 0.15) is 5.75 Å². The van der Waals surface area contributed by atoms with Gasteiger partial charge in [-0.15, -0.1) is 0 Å². The van der Waals surface area contributed by atoms with E-state index in [-0.39, 0.29) is 24.9 Å². The Morgan fingerprint density at radius 3 is 2.26 bits per heavy atom. The van der Waals surface area contributed by atoms with Crippen LogP contribution in [0.25, 0.3) is 6.08 Å². The van der Waals surface area contributed by atoms with Gasteiger partial charge in [0.25, 0.3) is 0 Å². The van der Waals surface area contributed by atoms with E-state index in [2.05, 4.69) is 4.57 Å². The topological polar surface area (TPSA) is 71.8 Å². The number of aromatic nitrogens is 1. The molecule has 220 valence electrons. The molecular weight excluding hydrogens is 546 g/mol. The predicted molar refractivity (Wildman–Crippen MR) is 168 cm³/mol. The summed E-state index contributed by atoms with van der Waals surface area (Å²) in [5.74, 6) is 0.570. The Morgan fingerprint density at radius 1 is 0.881 bits per heavy atom. The van der Waals surface area contributed by atoms with Crippen molar-refractivity contribution in [2.24, 2.45) is 5.92 Å². The molecule has 3 aromatic carbocycles. The van der Waals surface area contributed by atoms with Crippen LogP contribution in [0.3, 0.4) is 0 Å². The Kier molecular flexibility index (Phi) is 10.8. The molecule has 0 N–H and O–H groups in total. The molecule has 4 aromatic rings. The van der Waals surface area contributed by atoms with E-state index >= 15 is 0 Å². The van der Waals surface area contributed by atoms with Gasteiger partial charge < -0.3 is 14.2 Å². The summed E-state index contributed by atoms with van der Waals surface area (Å²) in [6, 6.07) is 30.9. The minimum absolute atomic E-state index is 0.0420. The second-order valence-electron chi connectivity index (χ2n) is 10.7. The first-order valence-corrected chi connectivity index (χ1v) is 15.6. The molecule has 1 aromatic heterocycles. The van der Waals surface area contributed by atoms with E-state index in [9.17, 15) is 13.2 Å². The molecule has 0 saturated carbocycles. The lowest BCUT2D eigenvalue weighted by Gasteiger charge is -2.28. The van der Waals surface area contributed by atoms with Crippen LogP contribution in [0.4, 0.5) is 0 Å². The molecule has 0 unspecified atom stereocenters. The van der Waals surface area contributed by atoms with Gasteiger partial charge in [-0.3, -0.25) is 4.79 Å². The van der Waals surface area contributed by atoms with Crippen molar-refractivity contribution >= 4 is 22.0 Å². The van der Waals surface area contributed by atoms with Crippen molar-refractivity contribution in [3.8, 4) is 5.75 Å². The number of hydrogen-bond acceptors (Lipinski definition) is 4. The number of rotatable bonds is 14. The fourth-order valence-electron chi connectivity index (χ4n) is 4.68. The van der Waals surface area contributed by atoms with Gasteiger partial charge in [-0.25, -0.2) is 8.42 Å². The van der Waals surface area contributed by atoms with Crippen LogP contribution in [0.1, 0.15) is 36.2 Å². The third kappa shape index (κ3) is 8.93. The summed E-state index contributed by atoms with van der Waals surface area (Å²) in [7, 11) is -2.20. The minimum Gasteiger partial charge on any atom is -0.497 e. The van der Waals surface area contributed by atoms with Crippen LogP contribution in [0, 0.1) is 5.92 Å². The number of sulfonamides is 1. The summed E-state index contributed by atoms with van der Waals surface area (Å²) in [5.41, 5.74) is 3.77. The van der Waals surface area contributed by atoms with E-state index < -0.39 is 10.0 Å². The van der Waals surface area contributed by atoms with Gasteiger partial charge in [0, 0.05) is 36.9 Å². The average Bonchev–Trinajstić information content (AvgIpc) is 3.42. The van der Waals surface area contributed by atoms with Crippen molar-refractivity contribution in [2.45, 2.75) is 33.5 Å². The third-order valence-corrected chi connectivity index (χ3v) is 8.28. The minimum atomic E-state index is -3.85. The zero-order valence-electron chi connectivity index (χ0n) is 24.5. The van der Waals surface area contributed by atoms with Crippen LogP contribution in [-0.4, -0.2) is 48.3 Å². The first-order chi connectivity index (χ1) is 20.2. The molecule has 0 fully saturated rings. The molecule has 0 radical (unpaired) electrons. The SMILES string of the molecule is COc1cccc(Cn2cccc2CN(Cc2ccccc2)C(=O)CN(CC(C)C)S(=O)(=O)/C=C/c2ccccc2)c1. The number of ether oxygens (including phenoxy) is 1. The van der Waals surface area contributed by atoms with Crippen molar-refractivity contribution in [1.29, 1.82) is 0 Å². The van der Waals surface area contributed by atoms with E-state index in [0.29, 0.717) is 19.6 Å². The molecule has 1 amide bonds. The zero-order chi connectivity index (χ0) is 30.0. The summed E-state index contributed by atoms with van der Waals surface area (Å²) in [6.45, 7) is 5.19. The van der Waals surface area contributed by atoms with Gasteiger partial charge in [0.15, 0.2) is 0 Å². The van der Waals surface area contributed by atoms with Gasteiger partial charge in [-0.2, -0.15) is 4.31 Å². The lowest BCUT2D eigenvalue weighted by Crippen LogP contribution is -2.43. The number of methoxy groups -OCH3 is 1. The maximum Gasteiger partial charge on any atom is 0.238 e. The molecule has 0 bridgehead atoms. The molecule has 0 aliphatic heterocycles. The average molecular weight is 586 g/mol. The van der Waals surface area contributed by atoms with Crippen LogP contribution in [0.15, 0.2) is 109 Å².